The molecule has 2 aromatic heterocycles. The lowest BCUT2D eigenvalue weighted by Crippen LogP contribution is -2.34. The second kappa shape index (κ2) is 5.64. The van der Waals surface area contributed by atoms with Gasteiger partial charge in [0.2, 0.25) is 10.1 Å². The van der Waals surface area contributed by atoms with E-state index < -0.39 is 6.10 Å². The van der Waals surface area contributed by atoms with Gasteiger partial charge in [-0.15, -0.1) is 5.10 Å². The van der Waals surface area contributed by atoms with E-state index in [2.05, 4.69) is 10.1 Å². The van der Waals surface area contributed by atoms with Crippen molar-refractivity contribution in [3.05, 3.63) is 35.2 Å². The van der Waals surface area contributed by atoms with Gasteiger partial charge in [-0.25, -0.2) is 9.50 Å². The molecular weight excluding hydrogens is 328 g/mol. The minimum absolute atomic E-state index is 0.451. The van der Waals surface area contributed by atoms with Crippen molar-refractivity contribution >= 4 is 21.4 Å². The van der Waals surface area contributed by atoms with E-state index in [-0.39, 0.29) is 0 Å². The number of nitrogens with zero attached hydrogens (tertiary/aromatic N) is 4. The molecule has 1 unspecified atom stereocenters. The lowest BCUT2D eigenvalue weighted by atomic mass is 9.95. The number of β-amino-alcohol motifs (C(OH)–C–C–N with tert-alkyl or cyclic N) is 1. The number of aryl methyl sites for hydroxylation is 1. The van der Waals surface area contributed by atoms with Gasteiger partial charge in [0.15, 0.2) is 0 Å². The van der Waals surface area contributed by atoms with Gasteiger partial charge < -0.3 is 19.5 Å². The number of aliphatic hydroxyl groups is 1. The van der Waals surface area contributed by atoms with Gasteiger partial charge in [0.05, 0.1) is 32.7 Å². The van der Waals surface area contributed by atoms with Crippen LogP contribution in [0.5, 0.6) is 11.5 Å². The van der Waals surface area contributed by atoms with Crippen LogP contribution < -0.4 is 14.4 Å². The number of hydrogen-bond acceptors (Lipinski definition) is 7. The molecule has 0 saturated carbocycles. The first-order valence-corrected chi connectivity index (χ1v) is 8.42. The van der Waals surface area contributed by atoms with Gasteiger partial charge in [-0.3, -0.25) is 0 Å². The van der Waals surface area contributed by atoms with Crippen molar-refractivity contribution in [2.24, 2.45) is 0 Å². The minimum atomic E-state index is -0.670. The molecule has 4 rings (SSSR count). The molecule has 1 aliphatic rings. The van der Waals surface area contributed by atoms with Crippen molar-refractivity contribution in [2.75, 3.05) is 25.7 Å². The third-order valence-electron chi connectivity index (χ3n) is 4.21. The van der Waals surface area contributed by atoms with Gasteiger partial charge in [-0.05, 0) is 19.1 Å². The Morgan fingerprint density at radius 3 is 2.71 bits per heavy atom. The monoisotopic (exact) mass is 346 g/mol. The minimum Gasteiger partial charge on any atom is -0.496 e. The first-order valence-electron chi connectivity index (χ1n) is 7.60. The fraction of sp³-hybridized carbons (Fsp3) is 0.375. The summed E-state index contributed by atoms with van der Waals surface area (Å²) >= 11 is 1.51. The number of rotatable bonds is 3. The van der Waals surface area contributed by atoms with E-state index in [1.165, 1.54) is 11.3 Å². The van der Waals surface area contributed by atoms with Crippen molar-refractivity contribution in [2.45, 2.75) is 19.6 Å². The summed E-state index contributed by atoms with van der Waals surface area (Å²) in [5.74, 6) is 1.43. The predicted octanol–water partition coefficient (Wildman–Crippen LogP) is 2.17. The molecule has 0 fully saturated rings. The Morgan fingerprint density at radius 2 is 2.00 bits per heavy atom. The Hall–Kier alpha value is -2.32. The summed E-state index contributed by atoms with van der Waals surface area (Å²) in [6.07, 6.45) is 1.23. The molecule has 0 radical (unpaired) electrons. The normalized spacial score (nSPS) is 17.2. The molecule has 1 aromatic carbocycles. The highest BCUT2D eigenvalue weighted by Gasteiger charge is 2.31. The van der Waals surface area contributed by atoms with Crippen molar-refractivity contribution in [1.82, 2.24) is 14.6 Å². The van der Waals surface area contributed by atoms with E-state index in [1.54, 1.807) is 18.7 Å². The Kier molecular flexibility index (Phi) is 3.58. The number of methoxy groups -OCH3 is 2. The lowest BCUT2D eigenvalue weighted by Gasteiger charge is -2.33. The van der Waals surface area contributed by atoms with Crippen molar-refractivity contribution in [3.63, 3.8) is 0 Å². The van der Waals surface area contributed by atoms with Crippen LogP contribution in [0.25, 0.3) is 4.96 Å². The number of imidazole rings is 1. The number of aromatic nitrogens is 3. The Balaban J connectivity index is 1.75. The zero-order chi connectivity index (χ0) is 16.8. The van der Waals surface area contributed by atoms with Crippen LogP contribution in [0.4, 0.5) is 5.13 Å². The average Bonchev–Trinajstić information content (AvgIpc) is 3.11. The third-order valence-corrected chi connectivity index (χ3v) is 5.20. The molecule has 1 aliphatic heterocycles. The topological polar surface area (TPSA) is 72.1 Å². The van der Waals surface area contributed by atoms with Crippen LogP contribution in [0, 0.1) is 6.92 Å². The van der Waals surface area contributed by atoms with Crippen LogP contribution in [0.15, 0.2) is 18.3 Å². The molecule has 0 amide bonds. The first kappa shape index (κ1) is 15.2. The highest BCUT2D eigenvalue weighted by atomic mass is 32.1. The number of fused-ring (bicyclic) bond motifs is 2. The molecule has 126 valence electrons. The number of ether oxygens (including phenoxy) is 2. The SMILES string of the molecule is COc1ccc(OC)c2c1CN(c1nn3cc(C)nc3s1)CC2O. The fourth-order valence-electron chi connectivity index (χ4n) is 3.15. The van der Waals surface area contributed by atoms with Crippen LogP contribution in [-0.2, 0) is 6.54 Å². The molecule has 1 atom stereocenters. The summed E-state index contributed by atoms with van der Waals surface area (Å²) in [6.45, 7) is 2.99. The number of benzene rings is 1. The summed E-state index contributed by atoms with van der Waals surface area (Å²) in [4.78, 5) is 7.33. The number of anilines is 1. The smallest absolute Gasteiger partial charge is 0.214 e. The largest absolute Gasteiger partial charge is 0.496 e. The van der Waals surface area contributed by atoms with Gasteiger partial charge in [-0.2, -0.15) is 0 Å². The quantitative estimate of drug-likeness (QED) is 0.784. The maximum absolute atomic E-state index is 10.7. The van der Waals surface area contributed by atoms with Crippen LogP contribution >= 0.6 is 11.3 Å². The van der Waals surface area contributed by atoms with Gasteiger partial charge >= 0.3 is 0 Å². The van der Waals surface area contributed by atoms with Crippen molar-refractivity contribution in [3.8, 4) is 11.5 Å². The first-order chi connectivity index (χ1) is 11.6. The molecular formula is C16H18N4O3S. The standard InChI is InChI=1S/C16H18N4O3S/c1-9-6-20-15(17-9)24-16(18-20)19-7-10-12(22-2)4-5-13(23-3)14(10)11(21)8-19/h4-6,11,21H,7-8H2,1-3H3. The van der Waals surface area contributed by atoms with E-state index >= 15 is 0 Å². The second-order valence-corrected chi connectivity index (χ2v) is 6.69. The van der Waals surface area contributed by atoms with E-state index in [0.717, 1.165) is 32.7 Å². The summed E-state index contributed by atoms with van der Waals surface area (Å²) in [5.41, 5.74) is 2.67. The molecule has 0 saturated heterocycles. The third kappa shape index (κ3) is 2.30. The van der Waals surface area contributed by atoms with Gasteiger partial charge in [0.25, 0.3) is 0 Å². The molecule has 7 nitrogen and oxygen atoms in total. The fourth-order valence-corrected chi connectivity index (χ4v) is 4.09. The van der Waals surface area contributed by atoms with Gasteiger partial charge in [-0.1, -0.05) is 11.3 Å². The molecule has 1 N–H and O–H groups in total. The van der Waals surface area contributed by atoms with E-state index in [9.17, 15) is 5.11 Å². The Labute approximate surface area is 143 Å². The van der Waals surface area contributed by atoms with E-state index in [1.807, 2.05) is 30.2 Å². The maximum atomic E-state index is 10.7. The summed E-state index contributed by atoms with van der Waals surface area (Å²) in [5, 5.41) is 16.1. The Bertz CT molecular complexity index is 873. The molecule has 3 aromatic rings. The summed E-state index contributed by atoms with van der Waals surface area (Å²) in [7, 11) is 3.24. The number of hydrogen-bond donors (Lipinski definition) is 1. The van der Waals surface area contributed by atoms with Crippen LogP contribution in [0.1, 0.15) is 22.9 Å². The van der Waals surface area contributed by atoms with Gasteiger partial charge in [0.1, 0.15) is 17.6 Å². The zero-order valence-corrected chi connectivity index (χ0v) is 14.5. The molecule has 0 aliphatic carbocycles. The van der Waals surface area contributed by atoms with E-state index in [4.69, 9.17) is 9.47 Å². The highest BCUT2D eigenvalue weighted by molar-refractivity contribution is 7.20. The predicted molar refractivity (Wildman–Crippen MR) is 91.2 cm³/mol. The molecule has 0 bridgehead atoms. The lowest BCUT2D eigenvalue weighted by molar-refractivity contribution is 0.169. The number of aliphatic hydroxyl groups excluding tert-OH is 1. The zero-order valence-electron chi connectivity index (χ0n) is 13.7. The molecule has 8 heteroatoms. The maximum Gasteiger partial charge on any atom is 0.214 e. The van der Waals surface area contributed by atoms with E-state index in [0.29, 0.717) is 18.8 Å². The average molecular weight is 346 g/mol. The van der Waals surface area contributed by atoms with Crippen LogP contribution in [0.2, 0.25) is 0 Å². The van der Waals surface area contributed by atoms with Crippen LogP contribution in [-0.4, -0.2) is 40.5 Å². The summed E-state index contributed by atoms with van der Waals surface area (Å²) in [6, 6.07) is 3.70. The molecule has 0 spiro atoms. The van der Waals surface area contributed by atoms with Crippen molar-refractivity contribution in [1.29, 1.82) is 0 Å². The molecule has 24 heavy (non-hydrogen) atoms. The van der Waals surface area contributed by atoms with Crippen molar-refractivity contribution < 1.29 is 14.6 Å². The van der Waals surface area contributed by atoms with Gasteiger partial charge in [0, 0.05) is 17.7 Å². The van der Waals surface area contributed by atoms with Crippen LogP contribution in [0.3, 0.4) is 0 Å². The second-order valence-electron chi connectivity index (χ2n) is 5.75. The Morgan fingerprint density at radius 1 is 1.25 bits per heavy atom. The summed E-state index contributed by atoms with van der Waals surface area (Å²) < 4.78 is 12.7. The highest BCUT2D eigenvalue weighted by Crippen LogP contribution is 2.41. The molecule has 3 heterocycles.